The molecule has 2 aromatic rings. The Labute approximate surface area is 153 Å². The lowest BCUT2D eigenvalue weighted by Gasteiger charge is -2.25. The summed E-state index contributed by atoms with van der Waals surface area (Å²) in [6, 6.07) is 5.78. The molecule has 2 aromatic heterocycles. The van der Waals surface area contributed by atoms with Gasteiger partial charge in [-0.15, -0.1) is 0 Å². The Kier molecular flexibility index (Phi) is 5.65. The van der Waals surface area contributed by atoms with E-state index in [0.29, 0.717) is 13.1 Å². The molecule has 1 aliphatic rings. The summed E-state index contributed by atoms with van der Waals surface area (Å²) >= 11 is 0. The smallest absolute Gasteiger partial charge is 0.243 e. The van der Waals surface area contributed by atoms with Crippen LogP contribution in [0.5, 0.6) is 0 Å². The molecule has 0 spiro atoms. The lowest BCUT2D eigenvalue weighted by molar-refractivity contribution is -0.132. The maximum Gasteiger partial charge on any atom is 0.243 e. The number of aryl methyl sites for hydroxylation is 1. The quantitative estimate of drug-likeness (QED) is 0.857. The summed E-state index contributed by atoms with van der Waals surface area (Å²) < 4.78 is 1.92. The van der Waals surface area contributed by atoms with Crippen LogP contribution in [0, 0.1) is 0 Å². The number of nitrogens with zero attached hydrogens (tertiary/aromatic N) is 4. The van der Waals surface area contributed by atoms with Crippen LogP contribution in [0.4, 0.5) is 0 Å². The number of carbonyl (C=O) groups excluding carboxylic acids is 2. The molecule has 1 aliphatic heterocycles. The SMILES string of the molecule is CCc1nccn1CC(=O)N1CCC[C@@H]1c1cccc(CNC(C)=O)n1. The normalized spacial score (nSPS) is 16.7. The van der Waals surface area contributed by atoms with Gasteiger partial charge in [0.05, 0.1) is 24.0 Å². The molecule has 0 aliphatic carbocycles. The third-order valence-electron chi connectivity index (χ3n) is 4.68. The average molecular weight is 355 g/mol. The molecular formula is C19H25N5O2. The van der Waals surface area contributed by atoms with Crippen LogP contribution in [0.25, 0.3) is 0 Å². The standard InChI is InChI=1S/C19H25N5O2/c1-3-18-20-9-11-23(18)13-19(26)24-10-5-8-17(24)16-7-4-6-15(22-16)12-21-14(2)25/h4,6-7,9,11,17H,3,5,8,10,12-13H2,1-2H3,(H,21,25)/t17-/m1/s1. The number of aromatic nitrogens is 3. The summed E-state index contributed by atoms with van der Waals surface area (Å²) in [5.74, 6) is 0.931. The number of imidazole rings is 1. The second kappa shape index (κ2) is 8.12. The summed E-state index contributed by atoms with van der Waals surface area (Å²) in [5.41, 5.74) is 1.69. The van der Waals surface area contributed by atoms with E-state index in [2.05, 4.69) is 15.3 Å². The number of hydrogen-bond acceptors (Lipinski definition) is 4. The Morgan fingerprint density at radius 2 is 2.19 bits per heavy atom. The second-order valence-electron chi connectivity index (χ2n) is 6.53. The molecule has 2 amide bonds. The summed E-state index contributed by atoms with van der Waals surface area (Å²) in [4.78, 5) is 34.8. The van der Waals surface area contributed by atoms with Crippen molar-refractivity contribution in [3.8, 4) is 0 Å². The van der Waals surface area contributed by atoms with Crippen molar-refractivity contribution in [3.63, 3.8) is 0 Å². The highest BCUT2D eigenvalue weighted by Crippen LogP contribution is 2.31. The molecule has 26 heavy (non-hydrogen) atoms. The van der Waals surface area contributed by atoms with E-state index in [1.54, 1.807) is 6.20 Å². The molecule has 0 radical (unpaired) electrons. The number of pyridine rings is 1. The van der Waals surface area contributed by atoms with Gasteiger partial charge in [-0.1, -0.05) is 13.0 Å². The van der Waals surface area contributed by atoms with Crippen LogP contribution in [0.2, 0.25) is 0 Å². The number of hydrogen-bond donors (Lipinski definition) is 1. The number of nitrogens with one attached hydrogen (secondary N) is 1. The summed E-state index contributed by atoms with van der Waals surface area (Å²) in [7, 11) is 0. The molecule has 1 fully saturated rings. The predicted molar refractivity (Wildman–Crippen MR) is 97.1 cm³/mol. The van der Waals surface area contributed by atoms with Gasteiger partial charge in [-0.2, -0.15) is 0 Å². The lowest BCUT2D eigenvalue weighted by atomic mass is 10.1. The van der Waals surface area contributed by atoms with Crippen molar-refractivity contribution >= 4 is 11.8 Å². The minimum absolute atomic E-state index is 0.00613. The van der Waals surface area contributed by atoms with E-state index in [0.717, 1.165) is 43.0 Å². The van der Waals surface area contributed by atoms with Gasteiger partial charge in [0, 0.05) is 32.3 Å². The van der Waals surface area contributed by atoms with Crippen LogP contribution >= 0.6 is 0 Å². The molecule has 138 valence electrons. The van der Waals surface area contributed by atoms with Gasteiger partial charge < -0.3 is 14.8 Å². The van der Waals surface area contributed by atoms with Gasteiger partial charge >= 0.3 is 0 Å². The minimum atomic E-state index is -0.0815. The van der Waals surface area contributed by atoms with Crippen LogP contribution in [-0.2, 0) is 29.1 Å². The molecule has 3 heterocycles. The van der Waals surface area contributed by atoms with Gasteiger partial charge in [-0.05, 0) is 25.0 Å². The van der Waals surface area contributed by atoms with Gasteiger partial charge in [0.25, 0.3) is 0 Å². The highest BCUT2D eigenvalue weighted by Gasteiger charge is 2.31. The molecule has 1 N–H and O–H groups in total. The van der Waals surface area contributed by atoms with Crippen molar-refractivity contribution in [1.29, 1.82) is 0 Å². The highest BCUT2D eigenvalue weighted by atomic mass is 16.2. The number of likely N-dealkylation sites (tertiary alicyclic amines) is 1. The van der Waals surface area contributed by atoms with E-state index < -0.39 is 0 Å². The molecule has 7 nitrogen and oxygen atoms in total. The Balaban J connectivity index is 1.72. The van der Waals surface area contributed by atoms with E-state index in [1.165, 1.54) is 6.92 Å². The Bertz CT molecular complexity index is 786. The molecule has 0 saturated carbocycles. The maximum atomic E-state index is 12.9. The molecule has 1 saturated heterocycles. The Morgan fingerprint density at radius 3 is 2.96 bits per heavy atom. The topological polar surface area (TPSA) is 80.1 Å². The largest absolute Gasteiger partial charge is 0.351 e. The van der Waals surface area contributed by atoms with Gasteiger partial charge in [0.2, 0.25) is 11.8 Å². The number of rotatable bonds is 6. The summed E-state index contributed by atoms with van der Waals surface area (Å²) in [6.07, 6.45) is 6.27. The van der Waals surface area contributed by atoms with Crippen molar-refractivity contribution in [2.45, 2.75) is 52.2 Å². The van der Waals surface area contributed by atoms with E-state index in [1.807, 2.05) is 40.8 Å². The molecule has 3 rings (SSSR count). The molecular weight excluding hydrogens is 330 g/mol. The molecule has 7 heteroatoms. The van der Waals surface area contributed by atoms with Crippen LogP contribution in [0.3, 0.4) is 0 Å². The van der Waals surface area contributed by atoms with E-state index in [-0.39, 0.29) is 17.9 Å². The van der Waals surface area contributed by atoms with Gasteiger partial charge in [0.1, 0.15) is 12.4 Å². The third-order valence-corrected chi connectivity index (χ3v) is 4.68. The molecule has 0 unspecified atom stereocenters. The van der Waals surface area contributed by atoms with Crippen molar-refractivity contribution in [3.05, 3.63) is 47.8 Å². The fourth-order valence-electron chi connectivity index (χ4n) is 3.40. The van der Waals surface area contributed by atoms with Crippen molar-refractivity contribution in [2.24, 2.45) is 0 Å². The first-order valence-electron chi connectivity index (χ1n) is 9.08. The van der Waals surface area contributed by atoms with E-state index >= 15 is 0 Å². The van der Waals surface area contributed by atoms with Gasteiger partial charge in [-0.25, -0.2) is 4.98 Å². The van der Waals surface area contributed by atoms with Crippen molar-refractivity contribution < 1.29 is 9.59 Å². The zero-order valence-electron chi connectivity index (χ0n) is 15.3. The minimum Gasteiger partial charge on any atom is -0.351 e. The van der Waals surface area contributed by atoms with Gasteiger partial charge in [0.15, 0.2) is 0 Å². The Hall–Kier alpha value is -2.70. The van der Waals surface area contributed by atoms with E-state index in [4.69, 9.17) is 0 Å². The number of carbonyl (C=O) groups is 2. The average Bonchev–Trinajstić information content (AvgIpc) is 3.29. The van der Waals surface area contributed by atoms with Crippen LogP contribution in [-0.4, -0.2) is 37.8 Å². The molecule has 0 bridgehead atoms. The second-order valence-corrected chi connectivity index (χ2v) is 6.53. The number of amides is 2. The molecule has 0 aromatic carbocycles. The van der Waals surface area contributed by atoms with Crippen molar-refractivity contribution in [2.75, 3.05) is 6.54 Å². The first kappa shape index (κ1) is 18.1. The lowest BCUT2D eigenvalue weighted by Crippen LogP contribution is -2.34. The highest BCUT2D eigenvalue weighted by molar-refractivity contribution is 5.77. The first-order valence-corrected chi connectivity index (χ1v) is 9.08. The zero-order valence-corrected chi connectivity index (χ0v) is 15.3. The Morgan fingerprint density at radius 1 is 1.35 bits per heavy atom. The van der Waals surface area contributed by atoms with Crippen LogP contribution in [0.1, 0.15) is 49.9 Å². The zero-order chi connectivity index (χ0) is 18.5. The summed E-state index contributed by atoms with van der Waals surface area (Å²) in [5, 5.41) is 2.76. The van der Waals surface area contributed by atoms with Gasteiger partial charge in [-0.3, -0.25) is 14.6 Å². The maximum absolute atomic E-state index is 12.9. The van der Waals surface area contributed by atoms with Crippen LogP contribution < -0.4 is 5.32 Å². The predicted octanol–water partition coefficient (Wildman–Crippen LogP) is 1.84. The fraction of sp³-hybridized carbons (Fsp3) is 0.474. The van der Waals surface area contributed by atoms with Crippen molar-refractivity contribution in [1.82, 2.24) is 24.8 Å². The van der Waals surface area contributed by atoms with Crippen LogP contribution in [0.15, 0.2) is 30.6 Å². The monoisotopic (exact) mass is 355 g/mol. The van der Waals surface area contributed by atoms with E-state index in [9.17, 15) is 9.59 Å². The summed E-state index contributed by atoms with van der Waals surface area (Å²) in [6.45, 7) is 4.98. The fourth-order valence-corrected chi connectivity index (χ4v) is 3.40. The molecule has 1 atom stereocenters. The first-order chi connectivity index (χ1) is 12.6. The third kappa shape index (κ3) is 4.09.